The van der Waals surface area contributed by atoms with Gasteiger partial charge in [0.05, 0.1) is 16.8 Å². The van der Waals surface area contributed by atoms with Crippen molar-refractivity contribution < 1.29 is 9.59 Å². The molecule has 6 nitrogen and oxygen atoms in total. The summed E-state index contributed by atoms with van der Waals surface area (Å²) >= 11 is 6.11. The number of halogens is 1. The molecular weight excluding hydrogens is 400 g/mol. The predicted octanol–water partition coefficient (Wildman–Crippen LogP) is 4.17. The summed E-state index contributed by atoms with van der Waals surface area (Å²) in [7, 11) is 0. The number of benzene rings is 2. The smallest absolute Gasteiger partial charge is 0.257 e. The van der Waals surface area contributed by atoms with Gasteiger partial charge in [-0.15, -0.1) is 0 Å². The molecule has 0 bridgehead atoms. The van der Waals surface area contributed by atoms with E-state index in [-0.39, 0.29) is 11.5 Å². The molecular formula is C23H27ClN4O2. The first kappa shape index (κ1) is 21.7. The van der Waals surface area contributed by atoms with E-state index >= 15 is 0 Å². The lowest BCUT2D eigenvalue weighted by Crippen LogP contribution is -2.31. The lowest BCUT2D eigenvalue weighted by molar-refractivity contribution is -0.111. The van der Waals surface area contributed by atoms with Crippen LogP contribution in [0.1, 0.15) is 48.0 Å². The first-order valence-corrected chi connectivity index (χ1v) is 10.5. The monoisotopic (exact) mass is 426 g/mol. The zero-order chi connectivity index (χ0) is 21.5. The van der Waals surface area contributed by atoms with Gasteiger partial charge in [0, 0.05) is 29.0 Å². The van der Waals surface area contributed by atoms with Crippen LogP contribution in [0.5, 0.6) is 0 Å². The molecule has 0 heterocycles. The SMILES string of the molecule is N/C=C(/C(=O)Nc1ccc(Cl)cc1C(=O)NCC1CCCCC1)c1ccccc1N. The van der Waals surface area contributed by atoms with Crippen LogP contribution in [0.2, 0.25) is 5.02 Å². The summed E-state index contributed by atoms with van der Waals surface area (Å²) in [5.74, 6) is -0.234. The zero-order valence-electron chi connectivity index (χ0n) is 16.8. The highest BCUT2D eigenvalue weighted by molar-refractivity contribution is 6.31. The fourth-order valence-corrected chi connectivity index (χ4v) is 3.93. The minimum Gasteiger partial charge on any atom is -0.404 e. The molecule has 0 aromatic heterocycles. The van der Waals surface area contributed by atoms with E-state index < -0.39 is 5.91 Å². The molecule has 2 aromatic rings. The Bertz CT molecular complexity index is 952. The fraction of sp³-hybridized carbons (Fsp3) is 0.304. The van der Waals surface area contributed by atoms with E-state index in [0.717, 1.165) is 12.8 Å². The summed E-state index contributed by atoms with van der Waals surface area (Å²) in [6.07, 6.45) is 7.13. The van der Waals surface area contributed by atoms with E-state index in [1.807, 2.05) is 0 Å². The second kappa shape index (κ2) is 10.2. The third-order valence-electron chi connectivity index (χ3n) is 5.41. The van der Waals surface area contributed by atoms with Gasteiger partial charge in [-0.1, -0.05) is 49.1 Å². The molecule has 0 atom stereocenters. The van der Waals surface area contributed by atoms with Gasteiger partial charge in [0.15, 0.2) is 0 Å². The van der Waals surface area contributed by atoms with Crippen LogP contribution < -0.4 is 22.1 Å². The number of nitrogens with two attached hydrogens (primary N) is 2. The van der Waals surface area contributed by atoms with Crippen molar-refractivity contribution in [2.45, 2.75) is 32.1 Å². The predicted molar refractivity (Wildman–Crippen MR) is 122 cm³/mol. The van der Waals surface area contributed by atoms with Gasteiger partial charge in [0.25, 0.3) is 11.8 Å². The van der Waals surface area contributed by atoms with Crippen molar-refractivity contribution in [3.05, 3.63) is 64.8 Å². The van der Waals surface area contributed by atoms with Crippen LogP contribution in [0.25, 0.3) is 5.57 Å². The van der Waals surface area contributed by atoms with Crippen LogP contribution in [0.15, 0.2) is 48.7 Å². The largest absolute Gasteiger partial charge is 0.404 e. The summed E-state index contributed by atoms with van der Waals surface area (Å²) in [6.45, 7) is 0.618. The maximum atomic E-state index is 12.9. The van der Waals surface area contributed by atoms with E-state index in [9.17, 15) is 9.59 Å². The van der Waals surface area contributed by atoms with Gasteiger partial charge in [-0.2, -0.15) is 0 Å². The molecule has 0 saturated heterocycles. The van der Waals surface area contributed by atoms with Crippen LogP contribution >= 0.6 is 11.6 Å². The van der Waals surface area contributed by atoms with Gasteiger partial charge < -0.3 is 22.1 Å². The summed E-state index contributed by atoms with van der Waals surface area (Å²) < 4.78 is 0. The molecule has 2 amide bonds. The third-order valence-corrected chi connectivity index (χ3v) is 5.65. The van der Waals surface area contributed by atoms with E-state index in [2.05, 4.69) is 10.6 Å². The van der Waals surface area contributed by atoms with Crippen molar-refractivity contribution in [2.24, 2.45) is 11.7 Å². The Labute approximate surface area is 181 Å². The molecule has 1 aliphatic carbocycles. The van der Waals surface area contributed by atoms with E-state index in [1.165, 1.54) is 25.5 Å². The number of hydrogen-bond donors (Lipinski definition) is 4. The van der Waals surface area contributed by atoms with Gasteiger partial charge in [0.1, 0.15) is 0 Å². The standard InChI is InChI=1S/C23H27ClN4O2/c24-16-10-11-21(18(12-16)22(29)27-14-15-6-2-1-3-7-15)28-23(30)19(13-25)17-8-4-5-9-20(17)26/h4-5,8-13,15H,1-3,6-7,14,25-26H2,(H,27,29)(H,28,30)/b19-13+. The second-order valence-corrected chi connectivity index (χ2v) is 7.96. The molecule has 0 unspecified atom stereocenters. The summed E-state index contributed by atoms with van der Waals surface area (Å²) in [6, 6.07) is 11.7. The molecule has 3 rings (SSSR count). The number of carbonyl (C=O) groups excluding carboxylic acids is 2. The molecule has 0 aliphatic heterocycles. The number of anilines is 2. The third kappa shape index (κ3) is 5.33. The van der Waals surface area contributed by atoms with Crippen molar-refractivity contribution >= 4 is 40.4 Å². The summed E-state index contributed by atoms with van der Waals surface area (Å²) in [5, 5.41) is 6.17. The first-order chi connectivity index (χ1) is 14.5. The van der Waals surface area contributed by atoms with Crippen molar-refractivity contribution in [3.8, 4) is 0 Å². The Morgan fingerprint density at radius 1 is 1.07 bits per heavy atom. The molecule has 1 fully saturated rings. The Morgan fingerprint density at radius 3 is 2.50 bits per heavy atom. The Kier molecular flexibility index (Phi) is 7.36. The molecule has 1 aliphatic rings. The molecule has 6 N–H and O–H groups in total. The van der Waals surface area contributed by atoms with Crippen LogP contribution in [-0.2, 0) is 4.79 Å². The average Bonchev–Trinajstić information content (AvgIpc) is 2.76. The summed E-state index contributed by atoms with van der Waals surface area (Å²) in [4.78, 5) is 25.7. The molecule has 0 spiro atoms. The Hall–Kier alpha value is -2.99. The van der Waals surface area contributed by atoms with Gasteiger partial charge in [-0.3, -0.25) is 9.59 Å². The minimum atomic E-state index is -0.459. The Morgan fingerprint density at radius 2 is 1.80 bits per heavy atom. The molecule has 0 radical (unpaired) electrons. The van der Waals surface area contributed by atoms with Gasteiger partial charge in [-0.25, -0.2) is 0 Å². The molecule has 158 valence electrons. The minimum absolute atomic E-state index is 0.219. The fourth-order valence-electron chi connectivity index (χ4n) is 3.76. The van der Waals surface area contributed by atoms with E-state index in [1.54, 1.807) is 42.5 Å². The summed E-state index contributed by atoms with van der Waals surface area (Å²) in [5.41, 5.74) is 13.5. The van der Waals surface area contributed by atoms with E-state index in [0.29, 0.717) is 40.0 Å². The van der Waals surface area contributed by atoms with Crippen molar-refractivity contribution in [3.63, 3.8) is 0 Å². The van der Waals surface area contributed by atoms with Crippen molar-refractivity contribution in [2.75, 3.05) is 17.6 Å². The highest BCUT2D eigenvalue weighted by Gasteiger charge is 2.20. The lowest BCUT2D eigenvalue weighted by atomic mass is 9.89. The normalized spacial score (nSPS) is 14.9. The second-order valence-electron chi connectivity index (χ2n) is 7.53. The van der Waals surface area contributed by atoms with Gasteiger partial charge in [-0.05, 0) is 43.0 Å². The van der Waals surface area contributed by atoms with Gasteiger partial charge >= 0.3 is 0 Å². The Balaban J connectivity index is 1.76. The molecule has 30 heavy (non-hydrogen) atoms. The van der Waals surface area contributed by atoms with Crippen molar-refractivity contribution in [1.82, 2.24) is 5.32 Å². The lowest BCUT2D eigenvalue weighted by Gasteiger charge is -2.22. The van der Waals surface area contributed by atoms with Crippen LogP contribution in [-0.4, -0.2) is 18.4 Å². The van der Waals surface area contributed by atoms with Crippen LogP contribution in [0.4, 0.5) is 11.4 Å². The van der Waals surface area contributed by atoms with Crippen molar-refractivity contribution in [1.29, 1.82) is 0 Å². The number of para-hydroxylation sites is 1. The number of nitrogens with one attached hydrogen (secondary N) is 2. The van der Waals surface area contributed by atoms with Crippen LogP contribution in [0.3, 0.4) is 0 Å². The maximum Gasteiger partial charge on any atom is 0.257 e. The maximum absolute atomic E-state index is 12.9. The highest BCUT2D eigenvalue weighted by atomic mass is 35.5. The molecule has 7 heteroatoms. The highest BCUT2D eigenvalue weighted by Crippen LogP contribution is 2.26. The number of hydrogen-bond acceptors (Lipinski definition) is 4. The number of nitrogen functional groups attached to an aromatic ring is 1. The number of rotatable bonds is 6. The number of carbonyl (C=O) groups is 2. The zero-order valence-corrected chi connectivity index (χ0v) is 17.5. The van der Waals surface area contributed by atoms with Crippen LogP contribution in [0, 0.1) is 5.92 Å². The quantitative estimate of drug-likeness (QED) is 0.410. The topological polar surface area (TPSA) is 110 Å². The van der Waals surface area contributed by atoms with E-state index in [4.69, 9.17) is 23.1 Å². The van der Waals surface area contributed by atoms with Gasteiger partial charge in [0.2, 0.25) is 0 Å². The first-order valence-electron chi connectivity index (χ1n) is 10.2. The average molecular weight is 427 g/mol. The molecule has 2 aromatic carbocycles. The molecule has 1 saturated carbocycles. The number of amides is 2.